The zero-order chi connectivity index (χ0) is 15.2. The van der Waals surface area contributed by atoms with E-state index in [1.165, 1.54) is 25.7 Å². The summed E-state index contributed by atoms with van der Waals surface area (Å²) in [6.07, 6.45) is 11.9. The average molecular weight is 296 g/mol. The quantitative estimate of drug-likeness (QED) is 0.475. The van der Waals surface area contributed by atoms with Crippen molar-refractivity contribution >= 4 is 0 Å². The van der Waals surface area contributed by atoms with E-state index in [1.54, 1.807) is 0 Å². The zero-order valence-electron chi connectivity index (χ0n) is 12.5. The molecule has 1 aromatic carbocycles. The third-order valence-electron chi connectivity index (χ3n) is 4.42. The monoisotopic (exact) mass is 296 g/mol. The summed E-state index contributed by atoms with van der Waals surface area (Å²) >= 11 is 0. The van der Waals surface area contributed by atoms with Crippen LogP contribution in [0.2, 0.25) is 0 Å². The lowest BCUT2D eigenvalue weighted by Gasteiger charge is -2.26. The fourth-order valence-corrected chi connectivity index (χ4v) is 3.12. The molecule has 21 heavy (non-hydrogen) atoms. The molecule has 0 N–H and O–H groups in total. The number of halogens is 3. The van der Waals surface area contributed by atoms with Crippen molar-refractivity contribution in [2.24, 2.45) is 11.8 Å². The molecule has 2 rings (SSSR count). The average Bonchev–Trinajstić information content (AvgIpc) is 2.49. The highest BCUT2D eigenvalue weighted by Gasteiger charge is 2.19. The van der Waals surface area contributed by atoms with Gasteiger partial charge in [0.2, 0.25) is 0 Å². The van der Waals surface area contributed by atoms with Gasteiger partial charge in [-0.2, -0.15) is 0 Å². The smallest absolute Gasteiger partial charge is 0.194 e. The van der Waals surface area contributed by atoms with Gasteiger partial charge in [0.05, 0.1) is 0 Å². The fourth-order valence-electron chi connectivity index (χ4n) is 3.12. The van der Waals surface area contributed by atoms with Crippen molar-refractivity contribution in [3.63, 3.8) is 0 Å². The molecule has 1 saturated carbocycles. The first-order valence-electron chi connectivity index (χ1n) is 7.90. The van der Waals surface area contributed by atoms with Crippen LogP contribution < -0.4 is 0 Å². The lowest BCUT2D eigenvalue weighted by Crippen LogP contribution is -2.14. The summed E-state index contributed by atoms with van der Waals surface area (Å²) in [5.41, 5.74) is 0.555. The second kappa shape index (κ2) is 7.67. The number of rotatable bonds is 5. The highest BCUT2D eigenvalue weighted by atomic mass is 19.2. The van der Waals surface area contributed by atoms with Gasteiger partial charge in [-0.1, -0.05) is 19.1 Å². The molecule has 0 nitrogen and oxygen atoms in total. The summed E-state index contributed by atoms with van der Waals surface area (Å²) in [6, 6.07) is 2.24. The predicted molar refractivity (Wildman–Crippen MR) is 79.5 cm³/mol. The lowest BCUT2D eigenvalue weighted by molar-refractivity contribution is 0.295. The van der Waals surface area contributed by atoms with E-state index >= 15 is 0 Å². The molecule has 0 heterocycles. The van der Waals surface area contributed by atoms with Crippen LogP contribution in [0.4, 0.5) is 13.2 Å². The van der Waals surface area contributed by atoms with Crippen LogP contribution >= 0.6 is 0 Å². The van der Waals surface area contributed by atoms with Crippen molar-refractivity contribution in [2.75, 3.05) is 0 Å². The van der Waals surface area contributed by atoms with Crippen molar-refractivity contribution in [1.82, 2.24) is 0 Å². The maximum atomic E-state index is 13.2. The normalized spacial score (nSPS) is 22.9. The number of hydrogen-bond donors (Lipinski definition) is 0. The van der Waals surface area contributed by atoms with Crippen LogP contribution in [0.1, 0.15) is 51.0 Å². The molecule has 1 aliphatic rings. The van der Waals surface area contributed by atoms with E-state index in [2.05, 4.69) is 19.1 Å². The molecule has 0 spiro atoms. The van der Waals surface area contributed by atoms with Crippen LogP contribution in [0.25, 0.3) is 0 Å². The van der Waals surface area contributed by atoms with Gasteiger partial charge in [-0.3, -0.25) is 0 Å². The van der Waals surface area contributed by atoms with Crippen LogP contribution in [0, 0.1) is 29.3 Å². The van der Waals surface area contributed by atoms with Crippen LogP contribution in [-0.2, 0) is 6.42 Å². The Kier molecular flexibility index (Phi) is 5.89. The van der Waals surface area contributed by atoms with E-state index in [1.807, 2.05) is 0 Å². The summed E-state index contributed by atoms with van der Waals surface area (Å²) in [6.45, 7) is 2.14. The molecule has 3 heteroatoms. The van der Waals surface area contributed by atoms with Gasteiger partial charge in [-0.25, -0.2) is 13.2 Å². The Morgan fingerprint density at radius 3 is 2.24 bits per heavy atom. The predicted octanol–water partition coefficient (Wildman–Crippen LogP) is 5.81. The molecule has 0 amide bonds. The molecule has 0 atom stereocenters. The summed E-state index contributed by atoms with van der Waals surface area (Å²) in [7, 11) is 0. The highest BCUT2D eigenvalue weighted by Crippen LogP contribution is 2.32. The maximum absolute atomic E-state index is 13.2. The van der Waals surface area contributed by atoms with Crippen molar-refractivity contribution < 1.29 is 13.2 Å². The second-order valence-electron chi connectivity index (χ2n) is 6.03. The van der Waals surface area contributed by atoms with Crippen LogP contribution in [0.3, 0.4) is 0 Å². The van der Waals surface area contributed by atoms with Crippen LogP contribution in [0.5, 0.6) is 0 Å². The number of hydrogen-bond acceptors (Lipinski definition) is 0. The Hall–Kier alpha value is -1.25. The van der Waals surface area contributed by atoms with E-state index in [9.17, 15) is 13.2 Å². The van der Waals surface area contributed by atoms with E-state index < -0.39 is 17.5 Å². The topological polar surface area (TPSA) is 0 Å². The SMILES string of the molecule is CC/C=C/[C@H]1CC[C@H](CCc2cc(F)c(F)c(F)c2)CC1. The Morgan fingerprint density at radius 2 is 1.67 bits per heavy atom. The molecule has 1 aromatic rings. The number of aryl methyl sites for hydroxylation is 1. The van der Waals surface area contributed by atoms with Gasteiger partial charge in [0.25, 0.3) is 0 Å². The molecular weight excluding hydrogens is 273 g/mol. The lowest BCUT2D eigenvalue weighted by atomic mass is 9.79. The first kappa shape index (κ1) is 16.1. The van der Waals surface area contributed by atoms with Crippen LogP contribution in [-0.4, -0.2) is 0 Å². The Morgan fingerprint density at radius 1 is 1.05 bits per heavy atom. The minimum Gasteiger partial charge on any atom is -0.204 e. The van der Waals surface area contributed by atoms with Crippen molar-refractivity contribution in [2.45, 2.75) is 51.9 Å². The van der Waals surface area contributed by atoms with E-state index in [0.29, 0.717) is 23.8 Å². The van der Waals surface area contributed by atoms with Crippen LogP contribution in [0.15, 0.2) is 24.3 Å². The molecule has 0 radical (unpaired) electrons. The third-order valence-corrected chi connectivity index (χ3v) is 4.42. The summed E-state index contributed by atoms with van der Waals surface area (Å²) in [5.74, 6) is -2.23. The minimum absolute atomic E-state index is 0.555. The molecule has 1 fully saturated rings. The Balaban J connectivity index is 1.81. The standard InChI is InChI=1S/C18H23F3/c1-2-3-4-13-5-7-14(8-6-13)9-10-15-11-16(19)18(21)17(20)12-15/h3-4,11-14H,2,5-10H2,1H3/b4-3+/t13-,14-. The van der Waals surface area contributed by atoms with Gasteiger partial charge < -0.3 is 0 Å². The maximum Gasteiger partial charge on any atom is 0.194 e. The minimum atomic E-state index is -1.37. The first-order chi connectivity index (χ1) is 10.1. The zero-order valence-corrected chi connectivity index (χ0v) is 12.5. The molecule has 1 aliphatic carbocycles. The van der Waals surface area contributed by atoms with Crippen molar-refractivity contribution in [3.05, 3.63) is 47.3 Å². The Labute approximate surface area is 125 Å². The van der Waals surface area contributed by atoms with Gasteiger partial charge in [0, 0.05) is 0 Å². The van der Waals surface area contributed by atoms with Gasteiger partial charge >= 0.3 is 0 Å². The highest BCUT2D eigenvalue weighted by molar-refractivity contribution is 5.19. The van der Waals surface area contributed by atoms with Gasteiger partial charge in [-0.15, -0.1) is 0 Å². The summed E-state index contributed by atoms with van der Waals surface area (Å²) in [4.78, 5) is 0. The molecular formula is C18H23F3. The first-order valence-corrected chi connectivity index (χ1v) is 7.90. The largest absolute Gasteiger partial charge is 0.204 e. The van der Waals surface area contributed by atoms with Gasteiger partial charge in [0.1, 0.15) is 0 Å². The van der Waals surface area contributed by atoms with Crippen molar-refractivity contribution in [1.29, 1.82) is 0 Å². The third kappa shape index (κ3) is 4.62. The van der Waals surface area contributed by atoms with E-state index in [4.69, 9.17) is 0 Å². The van der Waals surface area contributed by atoms with Crippen molar-refractivity contribution in [3.8, 4) is 0 Å². The van der Waals surface area contributed by atoms with Gasteiger partial charge in [0.15, 0.2) is 17.5 Å². The summed E-state index contributed by atoms with van der Waals surface area (Å²) in [5, 5.41) is 0. The molecule has 116 valence electrons. The fraction of sp³-hybridized carbons (Fsp3) is 0.556. The van der Waals surface area contributed by atoms with E-state index in [0.717, 1.165) is 25.0 Å². The van der Waals surface area contributed by atoms with E-state index in [-0.39, 0.29) is 0 Å². The summed E-state index contributed by atoms with van der Waals surface area (Å²) < 4.78 is 39.2. The van der Waals surface area contributed by atoms with Gasteiger partial charge in [-0.05, 0) is 74.5 Å². The molecule has 0 unspecified atom stereocenters. The molecule has 0 aliphatic heterocycles. The molecule has 0 bridgehead atoms. The number of allylic oxidation sites excluding steroid dienone is 2. The number of benzene rings is 1. The Bertz CT molecular complexity index is 462. The molecule has 0 aromatic heterocycles. The second-order valence-corrected chi connectivity index (χ2v) is 6.03. The molecule has 0 saturated heterocycles.